The van der Waals surface area contributed by atoms with E-state index in [1.807, 2.05) is 25.1 Å². The van der Waals surface area contributed by atoms with Gasteiger partial charge in [-0.1, -0.05) is 24.3 Å². The van der Waals surface area contributed by atoms with Crippen LogP contribution < -0.4 is 11.1 Å². The minimum absolute atomic E-state index is 0.274. The van der Waals surface area contributed by atoms with Crippen molar-refractivity contribution < 1.29 is 18.0 Å². The molecule has 0 spiro atoms. The fourth-order valence-corrected chi connectivity index (χ4v) is 3.14. The number of nitrogens with zero attached hydrogens (tertiary/aromatic N) is 1. The standard InChI is InChI=1S/C22H23F3N4O/c1-29(2)11-10-27-21(30)18-13-28-20(19(18)15-4-3-5-17(26)12-15)14-6-8-16(9-7-14)22(23,24)25/h3-9,12-13,28H,10-11,26H2,1-2H3,(H,27,30). The van der Waals surface area contributed by atoms with E-state index in [-0.39, 0.29) is 5.91 Å². The Kier molecular flexibility index (Phi) is 6.17. The van der Waals surface area contributed by atoms with Crippen LogP contribution in [-0.2, 0) is 6.18 Å². The summed E-state index contributed by atoms with van der Waals surface area (Å²) in [6.07, 6.45) is -2.85. The molecule has 158 valence electrons. The number of nitrogen functional groups attached to an aromatic ring is 1. The number of aromatic nitrogens is 1. The number of halogens is 3. The Bertz CT molecular complexity index is 1020. The van der Waals surface area contributed by atoms with Crippen LogP contribution >= 0.6 is 0 Å². The lowest BCUT2D eigenvalue weighted by atomic mass is 9.96. The molecule has 0 fully saturated rings. The summed E-state index contributed by atoms with van der Waals surface area (Å²) in [4.78, 5) is 17.8. The van der Waals surface area contributed by atoms with E-state index in [0.717, 1.165) is 12.1 Å². The summed E-state index contributed by atoms with van der Waals surface area (Å²) in [5.41, 5.74) is 8.47. The van der Waals surface area contributed by atoms with Gasteiger partial charge in [0.2, 0.25) is 0 Å². The van der Waals surface area contributed by atoms with Gasteiger partial charge in [0.15, 0.2) is 0 Å². The van der Waals surface area contributed by atoms with Crippen LogP contribution in [0.4, 0.5) is 18.9 Å². The molecular formula is C22H23F3N4O. The van der Waals surface area contributed by atoms with Crippen LogP contribution in [0.2, 0.25) is 0 Å². The fourth-order valence-electron chi connectivity index (χ4n) is 3.14. The van der Waals surface area contributed by atoms with Gasteiger partial charge in [0, 0.05) is 30.5 Å². The molecule has 0 aliphatic heterocycles. The lowest BCUT2D eigenvalue weighted by molar-refractivity contribution is -0.137. The molecule has 1 aromatic heterocycles. The molecule has 0 saturated carbocycles. The van der Waals surface area contributed by atoms with E-state index >= 15 is 0 Å². The second-order valence-corrected chi connectivity index (χ2v) is 7.21. The topological polar surface area (TPSA) is 74.2 Å². The number of aromatic amines is 1. The zero-order chi connectivity index (χ0) is 21.9. The Morgan fingerprint density at radius 1 is 1.10 bits per heavy atom. The predicted octanol–water partition coefficient (Wildman–Crippen LogP) is 4.24. The highest BCUT2D eigenvalue weighted by atomic mass is 19.4. The van der Waals surface area contributed by atoms with Crippen LogP contribution in [-0.4, -0.2) is 43.0 Å². The van der Waals surface area contributed by atoms with Crippen LogP contribution in [0.3, 0.4) is 0 Å². The fraction of sp³-hybridized carbons (Fsp3) is 0.227. The van der Waals surface area contributed by atoms with Crippen LogP contribution in [0.5, 0.6) is 0 Å². The van der Waals surface area contributed by atoms with Gasteiger partial charge in [0.1, 0.15) is 0 Å². The highest BCUT2D eigenvalue weighted by Crippen LogP contribution is 2.37. The first-order chi connectivity index (χ1) is 14.2. The summed E-state index contributed by atoms with van der Waals surface area (Å²) in [5.74, 6) is -0.274. The Labute approximate surface area is 172 Å². The van der Waals surface area contributed by atoms with Crippen molar-refractivity contribution in [2.75, 3.05) is 32.9 Å². The summed E-state index contributed by atoms with van der Waals surface area (Å²) in [5, 5.41) is 2.87. The zero-order valence-electron chi connectivity index (χ0n) is 16.7. The van der Waals surface area contributed by atoms with E-state index in [1.54, 1.807) is 24.4 Å². The molecule has 2 aromatic carbocycles. The molecule has 0 atom stereocenters. The molecule has 4 N–H and O–H groups in total. The number of likely N-dealkylation sites (N-methyl/N-ethyl adjacent to an activating group) is 1. The van der Waals surface area contributed by atoms with E-state index < -0.39 is 11.7 Å². The molecule has 0 aliphatic carbocycles. The maximum atomic E-state index is 12.9. The van der Waals surface area contributed by atoms with Crippen molar-refractivity contribution in [1.82, 2.24) is 15.2 Å². The van der Waals surface area contributed by atoms with Gasteiger partial charge in [-0.3, -0.25) is 4.79 Å². The molecule has 30 heavy (non-hydrogen) atoms. The largest absolute Gasteiger partial charge is 0.416 e. The van der Waals surface area contributed by atoms with Crippen molar-refractivity contribution in [2.45, 2.75) is 6.18 Å². The molecular weight excluding hydrogens is 393 g/mol. The Morgan fingerprint density at radius 3 is 2.40 bits per heavy atom. The minimum atomic E-state index is -4.41. The third kappa shape index (κ3) is 4.83. The van der Waals surface area contributed by atoms with Gasteiger partial charge < -0.3 is 20.9 Å². The van der Waals surface area contributed by atoms with Crippen LogP contribution in [0.25, 0.3) is 22.4 Å². The number of carbonyl (C=O) groups is 1. The van der Waals surface area contributed by atoms with Crippen molar-refractivity contribution in [3.8, 4) is 22.4 Å². The first-order valence-electron chi connectivity index (χ1n) is 9.34. The highest BCUT2D eigenvalue weighted by Gasteiger charge is 2.30. The molecule has 0 saturated heterocycles. The second kappa shape index (κ2) is 8.62. The van der Waals surface area contributed by atoms with Gasteiger partial charge in [0.25, 0.3) is 5.91 Å². The second-order valence-electron chi connectivity index (χ2n) is 7.21. The lowest BCUT2D eigenvalue weighted by Crippen LogP contribution is -2.31. The molecule has 8 heteroatoms. The number of benzene rings is 2. The molecule has 0 aliphatic rings. The number of carbonyl (C=O) groups excluding carboxylic acids is 1. The number of amides is 1. The number of anilines is 1. The van der Waals surface area contributed by atoms with E-state index in [2.05, 4.69) is 10.3 Å². The van der Waals surface area contributed by atoms with Crippen molar-refractivity contribution >= 4 is 11.6 Å². The summed E-state index contributed by atoms with van der Waals surface area (Å²) >= 11 is 0. The minimum Gasteiger partial charge on any atom is -0.399 e. The van der Waals surface area contributed by atoms with Crippen molar-refractivity contribution in [2.24, 2.45) is 0 Å². The summed E-state index contributed by atoms with van der Waals surface area (Å²) in [7, 11) is 3.81. The van der Waals surface area contributed by atoms with Gasteiger partial charge in [-0.2, -0.15) is 13.2 Å². The normalized spacial score (nSPS) is 11.7. The lowest BCUT2D eigenvalue weighted by Gasteiger charge is -2.12. The molecule has 1 amide bonds. The quantitative estimate of drug-likeness (QED) is 0.526. The van der Waals surface area contributed by atoms with Gasteiger partial charge in [-0.25, -0.2) is 0 Å². The summed E-state index contributed by atoms with van der Waals surface area (Å²) in [6.45, 7) is 1.14. The van der Waals surface area contributed by atoms with Crippen molar-refractivity contribution in [3.05, 3.63) is 65.9 Å². The first kappa shape index (κ1) is 21.4. The van der Waals surface area contributed by atoms with Gasteiger partial charge >= 0.3 is 6.18 Å². The smallest absolute Gasteiger partial charge is 0.399 e. The van der Waals surface area contributed by atoms with Crippen LogP contribution in [0.1, 0.15) is 15.9 Å². The average Bonchev–Trinajstić information content (AvgIpc) is 3.12. The van der Waals surface area contributed by atoms with Crippen LogP contribution in [0.15, 0.2) is 54.7 Å². The summed E-state index contributed by atoms with van der Waals surface area (Å²) in [6, 6.07) is 11.9. The monoisotopic (exact) mass is 416 g/mol. The van der Waals surface area contributed by atoms with Gasteiger partial charge in [-0.15, -0.1) is 0 Å². The van der Waals surface area contributed by atoms with Gasteiger partial charge in [-0.05, 0) is 49.5 Å². The number of nitrogens with two attached hydrogens (primary N) is 1. The molecule has 1 heterocycles. The van der Waals surface area contributed by atoms with E-state index in [1.165, 1.54) is 12.1 Å². The molecule has 3 aromatic rings. The molecule has 0 radical (unpaired) electrons. The van der Waals surface area contributed by atoms with Crippen molar-refractivity contribution in [1.29, 1.82) is 0 Å². The first-order valence-corrected chi connectivity index (χ1v) is 9.34. The van der Waals surface area contributed by atoms with E-state index in [9.17, 15) is 18.0 Å². The number of hydrogen-bond donors (Lipinski definition) is 3. The molecule has 0 unspecified atom stereocenters. The average molecular weight is 416 g/mol. The van der Waals surface area contributed by atoms with Crippen LogP contribution in [0, 0.1) is 0 Å². The number of hydrogen-bond acceptors (Lipinski definition) is 3. The predicted molar refractivity (Wildman–Crippen MR) is 112 cm³/mol. The summed E-state index contributed by atoms with van der Waals surface area (Å²) < 4.78 is 38.8. The number of rotatable bonds is 6. The Balaban J connectivity index is 2.03. The van der Waals surface area contributed by atoms with Crippen molar-refractivity contribution in [3.63, 3.8) is 0 Å². The number of alkyl halides is 3. The maximum absolute atomic E-state index is 12.9. The van der Waals surface area contributed by atoms with E-state index in [4.69, 9.17) is 5.73 Å². The van der Waals surface area contributed by atoms with Gasteiger partial charge in [0.05, 0.1) is 16.8 Å². The SMILES string of the molecule is CN(C)CCNC(=O)c1c[nH]c(-c2ccc(C(F)(F)F)cc2)c1-c1cccc(N)c1. The molecule has 5 nitrogen and oxygen atoms in total. The Morgan fingerprint density at radius 2 is 1.80 bits per heavy atom. The third-order valence-electron chi connectivity index (χ3n) is 4.65. The van der Waals surface area contributed by atoms with E-state index in [0.29, 0.717) is 46.7 Å². The number of nitrogens with one attached hydrogen (secondary N) is 2. The zero-order valence-corrected chi connectivity index (χ0v) is 16.7. The molecule has 0 bridgehead atoms. The Hall–Kier alpha value is -3.26. The third-order valence-corrected chi connectivity index (χ3v) is 4.65. The molecule has 3 rings (SSSR count). The number of H-pyrrole nitrogens is 1. The maximum Gasteiger partial charge on any atom is 0.416 e. The highest BCUT2D eigenvalue weighted by molar-refractivity contribution is 6.04.